The average molecular weight is 472 g/mol. The highest BCUT2D eigenvalue weighted by molar-refractivity contribution is 7.10. The van der Waals surface area contributed by atoms with E-state index < -0.39 is 17.6 Å². The molecule has 174 valence electrons. The molecule has 5 rings (SSSR count). The fourth-order valence-electron chi connectivity index (χ4n) is 4.60. The SMILES string of the molecule is O=C(NC1CC1)C1COC2(CCN(C(=O)Cc3cccs3)CC2)N1C(=O)c1ccc(F)cc1. The number of hydrogen-bond donors (Lipinski definition) is 1. The fourth-order valence-corrected chi connectivity index (χ4v) is 5.30. The van der Waals surface area contributed by atoms with Gasteiger partial charge in [-0.3, -0.25) is 19.3 Å². The molecule has 1 atom stereocenters. The lowest BCUT2D eigenvalue weighted by Crippen LogP contribution is -2.60. The summed E-state index contributed by atoms with van der Waals surface area (Å²) in [5.74, 6) is -0.966. The Morgan fingerprint density at radius 3 is 2.48 bits per heavy atom. The van der Waals surface area contributed by atoms with Crippen LogP contribution in [-0.4, -0.2) is 65.0 Å². The molecule has 1 spiro atoms. The Morgan fingerprint density at radius 2 is 1.85 bits per heavy atom. The summed E-state index contributed by atoms with van der Waals surface area (Å²) in [5.41, 5.74) is -0.654. The molecule has 0 radical (unpaired) electrons. The van der Waals surface area contributed by atoms with Crippen LogP contribution in [0.5, 0.6) is 0 Å². The zero-order valence-electron chi connectivity index (χ0n) is 18.2. The van der Waals surface area contributed by atoms with Gasteiger partial charge in [-0.15, -0.1) is 11.3 Å². The van der Waals surface area contributed by atoms with Crippen LogP contribution in [-0.2, 0) is 20.7 Å². The third-order valence-corrected chi connectivity index (χ3v) is 7.48. The quantitative estimate of drug-likeness (QED) is 0.727. The van der Waals surface area contributed by atoms with E-state index in [0.717, 1.165) is 17.7 Å². The highest BCUT2D eigenvalue weighted by Gasteiger charge is 2.54. The first-order chi connectivity index (χ1) is 15.9. The third kappa shape index (κ3) is 4.52. The van der Waals surface area contributed by atoms with Crippen LogP contribution >= 0.6 is 11.3 Å². The van der Waals surface area contributed by atoms with Crippen LogP contribution in [0.2, 0.25) is 0 Å². The molecule has 2 aromatic rings. The summed E-state index contributed by atoms with van der Waals surface area (Å²) in [6, 6.07) is 8.62. The van der Waals surface area contributed by atoms with Crippen LogP contribution in [0.1, 0.15) is 40.9 Å². The van der Waals surface area contributed by atoms with E-state index in [1.54, 1.807) is 21.1 Å². The molecule has 3 aliphatic rings. The Balaban J connectivity index is 1.34. The summed E-state index contributed by atoms with van der Waals surface area (Å²) in [6.07, 6.45) is 3.08. The number of halogens is 1. The van der Waals surface area contributed by atoms with Gasteiger partial charge in [0, 0.05) is 42.4 Å². The number of carbonyl (C=O) groups is 3. The topological polar surface area (TPSA) is 79.0 Å². The molecule has 1 saturated carbocycles. The number of piperidine rings is 1. The van der Waals surface area contributed by atoms with E-state index in [1.807, 2.05) is 17.5 Å². The first kappa shape index (κ1) is 22.0. The number of ether oxygens (including phenoxy) is 1. The van der Waals surface area contributed by atoms with Gasteiger partial charge in [-0.25, -0.2) is 4.39 Å². The summed E-state index contributed by atoms with van der Waals surface area (Å²) in [5, 5.41) is 4.93. The van der Waals surface area contributed by atoms with Crippen molar-refractivity contribution >= 4 is 29.1 Å². The second-order valence-electron chi connectivity index (χ2n) is 8.87. The average Bonchev–Trinajstić information content (AvgIpc) is 3.33. The molecule has 1 aromatic heterocycles. The molecular formula is C24H26FN3O4S. The lowest BCUT2D eigenvalue weighted by Gasteiger charge is -2.44. The fraction of sp³-hybridized carbons (Fsp3) is 0.458. The monoisotopic (exact) mass is 471 g/mol. The van der Waals surface area contributed by atoms with Crippen LogP contribution in [0.15, 0.2) is 41.8 Å². The van der Waals surface area contributed by atoms with Crippen LogP contribution in [0, 0.1) is 5.82 Å². The maximum Gasteiger partial charge on any atom is 0.256 e. The van der Waals surface area contributed by atoms with Crippen LogP contribution in [0.25, 0.3) is 0 Å². The van der Waals surface area contributed by atoms with Crippen molar-refractivity contribution in [1.82, 2.24) is 15.1 Å². The predicted octanol–water partition coefficient (Wildman–Crippen LogP) is 2.57. The number of amides is 3. The number of nitrogens with zero attached hydrogens (tertiary/aromatic N) is 2. The molecule has 1 N–H and O–H groups in total. The van der Waals surface area contributed by atoms with Gasteiger partial charge in [0.2, 0.25) is 11.8 Å². The van der Waals surface area contributed by atoms with Gasteiger partial charge in [-0.05, 0) is 48.6 Å². The van der Waals surface area contributed by atoms with Crippen molar-refractivity contribution in [3.05, 3.63) is 58.0 Å². The summed E-state index contributed by atoms with van der Waals surface area (Å²) in [6.45, 7) is 0.984. The summed E-state index contributed by atoms with van der Waals surface area (Å²) in [7, 11) is 0. The highest BCUT2D eigenvalue weighted by atomic mass is 32.1. The van der Waals surface area contributed by atoms with Crippen molar-refractivity contribution < 1.29 is 23.5 Å². The molecule has 2 saturated heterocycles. The highest BCUT2D eigenvalue weighted by Crippen LogP contribution is 2.39. The van der Waals surface area contributed by atoms with Gasteiger partial charge in [-0.2, -0.15) is 0 Å². The van der Waals surface area contributed by atoms with Gasteiger partial charge in [0.25, 0.3) is 5.91 Å². The van der Waals surface area contributed by atoms with Gasteiger partial charge in [-0.1, -0.05) is 6.07 Å². The molecule has 7 nitrogen and oxygen atoms in total. The van der Waals surface area contributed by atoms with Crippen molar-refractivity contribution in [2.45, 2.75) is 49.9 Å². The lowest BCUT2D eigenvalue weighted by atomic mass is 9.96. The van der Waals surface area contributed by atoms with Crippen LogP contribution in [0.3, 0.4) is 0 Å². The van der Waals surface area contributed by atoms with Crippen molar-refractivity contribution in [2.24, 2.45) is 0 Å². The van der Waals surface area contributed by atoms with E-state index in [4.69, 9.17) is 4.74 Å². The largest absolute Gasteiger partial charge is 0.353 e. The molecule has 1 aliphatic carbocycles. The number of rotatable bonds is 5. The number of nitrogens with one attached hydrogen (secondary N) is 1. The lowest BCUT2D eigenvalue weighted by molar-refractivity contribution is -0.143. The predicted molar refractivity (Wildman–Crippen MR) is 120 cm³/mol. The first-order valence-corrected chi connectivity index (χ1v) is 12.2. The molecular weight excluding hydrogens is 445 g/mol. The third-order valence-electron chi connectivity index (χ3n) is 6.60. The molecule has 3 amide bonds. The molecule has 1 aromatic carbocycles. The van der Waals surface area contributed by atoms with E-state index in [9.17, 15) is 18.8 Å². The Kier molecular flexibility index (Phi) is 5.92. The summed E-state index contributed by atoms with van der Waals surface area (Å²) >= 11 is 1.55. The van der Waals surface area contributed by atoms with Gasteiger partial charge in [0.15, 0.2) is 0 Å². The minimum atomic E-state index is -0.962. The van der Waals surface area contributed by atoms with E-state index in [1.165, 1.54) is 24.3 Å². The summed E-state index contributed by atoms with van der Waals surface area (Å²) in [4.78, 5) is 43.6. The second-order valence-corrected chi connectivity index (χ2v) is 9.91. The van der Waals surface area contributed by atoms with E-state index in [0.29, 0.717) is 37.9 Å². The summed E-state index contributed by atoms with van der Waals surface area (Å²) < 4.78 is 19.6. The van der Waals surface area contributed by atoms with Crippen molar-refractivity contribution in [3.8, 4) is 0 Å². The van der Waals surface area contributed by atoms with Gasteiger partial charge in [0.1, 0.15) is 17.6 Å². The standard InChI is InChI=1S/C24H26FN3O4S/c25-17-5-3-16(4-6-17)23(31)28-20(22(30)26-18-7-8-18)15-32-24(28)9-11-27(12-10-24)21(29)14-19-2-1-13-33-19/h1-6,13,18,20H,7-12,14-15H2,(H,26,30). The van der Waals surface area contributed by atoms with E-state index in [2.05, 4.69) is 5.32 Å². The van der Waals surface area contributed by atoms with Crippen LogP contribution < -0.4 is 5.32 Å². The van der Waals surface area contributed by atoms with Crippen molar-refractivity contribution in [2.75, 3.05) is 19.7 Å². The minimum Gasteiger partial charge on any atom is -0.353 e. The van der Waals surface area contributed by atoms with E-state index in [-0.39, 0.29) is 30.4 Å². The molecule has 3 fully saturated rings. The number of benzene rings is 1. The molecule has 2 aliphatic heterocycles. The zero-order chi connectivity index (χ0) is 23.0. The minimum absolute atomic E-state index is 0.0461. The number of thiophene rings is 1. The van der Waals surface area contributed by atoms with Crippen molar-refractivity contribution in [1.29, 1.82) is 0 Å². The van der Waals surface area contributed by atoms with Crippen molar-refractivity contribution in [3.63, 3.8) is 0 Å². The van der Waals surface area contributed by atoms with Gasteiger partial charge >= 0.3 is 0 Å². The normalized spacial score (nSPS) is 21.9. The maximum atomic E-state index is 13.5. The number of carbonyl (C=O) groups excluding carboxylic acids is 3. The van der Waals surface area contributed by atoms with Gasteiger partial charge < -0.3 is 15.0 Å². The Bertz CT molecular complexity index is 1030. The Labute approximate surface area is 195 Å². The smallest absolute Gasteiger partial charge is 0.256 e. The Morgan fingerprint density at radius 1 is 1.12 bits per heavy atom. The molecule has 1 unspecified atom stereocenters. The number of hydrogen-bond acceptors (Lipinski definition) is 5. The first-order valence-electron chi connectivity index (χ1n) is 11.3. The molecule has 0 bridgehead atoms. The molecule has 9 heteroatoms. The van der Waals surface area contributed by atoms with E-state index >= 15 is 0 Å². The van der Waals surface area contributed by atoms with Gasteiger partial charge in [0.05, 0.1) is 13.0 Å². The zero-order valence-corrected chi connectivity index (χ0v) is 19.0. The maximum absolute atomic E-state index is 13.5. The van der Waals surface area contributed by atoms with Crippen LogP contribution in [0.4, 0.5) is 4.39 Å². The second kappa shape index (κ2) is 8.87. The number of likely N-dealkylation sites (tertiary alicyclic amines) is 1. The molecule has 3 heterocycles. The Hall–Kier alpha value is -2.78. The molecule has 33 heavy (non-hydrogen) atoms.